The molecule has 0 amide bonds. The van der Waals surface area contributed by atoms with Crippen LogP contribution in [0.3, 0.4) is 0 Å². The maximum atomic E-state index is 6.25. The number of anilines is 1. The van der Waals surface area contributed by atoms with Crippen LogP contribution >= 0.6 is 23.2 Å². The van der Waals surface area contributed by atoms with Gasteiger partial charge in [0.1, 0.15) is 0 Å². The standard InChI is InChI=1S/C14H18Cl2N2/c15-12-2-1-3-13(16)14(12)18-7-6-10(9-18)8-17-11-4-5-11/h1-3,10-11,17H,4-9H2. The molecular formula is C14H18Cl2N2. The Hall–Kier alpha value is -0.440. The van der Waals surface area contributed by atoms with Crippen molar-refractivity contribution in [2.45, 2.75) is 25.3 Å². The summed E-state index contributed by atoms with van der Waals surface area (Å²) in [6.45, 7) is 3.24. The molecule has 1 saturated carbocycles. The number of nitrogens with zero attached hydrogens (tertiary/aromatic N) is 1. The summed E-state index contributed by atoms with van der Waals surface area (Å²) in [5, 5.41) is 5.13. The fraction of sp³-hybridized carbons (Fsp3) is 0.571. The van der Waals surface area contributed by atoms with Crippen LogP contribution in [0.25, 0.3) is 0 Å². The molecule has 1 unspecified atom stereocenters. The molecule has 2 nitrogen and oxygen atoms in total. The summed E-state index contributed by atoms with van der Waals surface area (Å²) in [4.78, 5) is 2.32. The number of hydrogen-bond acceptors (Lipinski definition) is 2. The van der Waals surface area contributed by atoms with E-state index >= 15 is 0 Å². The molecule has 1 heterocycles. The lowest BCUT2D eigenvalue weighted by molar-refractivity contribution is 0.515. The van der Waals surface area contributed by atoms with Crippen molar-refractivity contribution in [3.63, 3.8) is 0 Å². The first-order valence-corrected chi connectivity index (χ1v) is 7.42. The largest absolute Gasteiger partial charge is 0.369 e. The Morgan fingerprint density at radius 3 is 2.56 bits per heavy atom. The average molecular weight is 285 g/mol. The van der Waals surface area contributed by atoms with Crippen LogP contribution in [0.2, 0.25) is 10.0 Å². The summed E-state index contributed by atoms with van der Waals surface area (Å²) >= 11 is 12.5. The van der Waals surface area contributed by atoms with E-state index in [2.05, 4.69) is 10.2 Å². The second-order valence-corrected chi connectivity index (χ2v) is 6.17. The second kappa shape index (κ2) is 5.28. The highest BCUT2D eigenvalue weighted by molar-refractivity contribution is 6.39. The summed E-state index contributed by atoms with van der Waals surface area (Å²) in [5.74, 6) is 0.720. The molecule has 0 aromatic heterocycles. The normalized spacial score (nSPS) is 23.7. The monoisotopic (exact) mass is 284 g/mol. The molecule has 1 aromatic rings. The Kier molecular flexibility index (Phi) is 3.69. The van der Waals surface area contributed by atoms with E-state index in [0.29, 0.717) is 0 Å². The second-order valence-electron chi connectivity index (χ2n) is 5.35. The lowest BCUT2D eigenvalue weighted by Crippen LogP contribution is -2.27. The maximum absolute atomic E-state index is 6.25. The predicted octanol–water partition coefficient (Wildman–Crippen LogP) is 3.57. The molecule has 4 heteroatoms. The molecule has 18 heavy (non-hydrogen) atoms. The average Bonchev–Trinajstić information content (AvgIpc) is 3.06. The van der Waals surface area contributed by atoms with E-state index in [9.17, 15) is 0 Å². The molecule has 1 N–H and O–H groups in total. The van der Waals surface area contributed by atoms with E-state index in [0.717, 1.165) is 47.3 Å². The van der Waals surface area contributed by atoms with Crippen molar-refractivity contribution < 1.29 is 0 Å². The van der Waals surface area contributed by atoms with Gasteiger partial charge >= 0.3 is 0 Å². The quantitative estimate of drug-likeness (QED) is 0.909. The Bertz CT molecular complexity index is 412. The molecule has 2 fully saturated rings. The molecule has 2 aliphatic rings. The first kappa shape index (κ1) is 12.6. The first-order valence-electron chi connectivity index (χ1n) is 6.66. The van der Waals surface area contributed by atoms with Gasteiger partial charge in [-0.25, -0.2) is 0 Å². The zero-order valence-corrected chi connectivity index (χ0v) is 11.8. The van der Waals surface area contributed by atoms with Crippen molar-refractivity contribution in [3.05, 3.63) is 28.2 Å². The van der Waals surface area contributed by atoms with E-state index in [1.54, 1.807) is 0 Å². The van der Waals surface area contributed by atoms with Gasteiger partial charge in [-0.2, -0.15) is 0 Å². The zero-order valence-electron chi connectivity index (χ0n) is 10.3. The SMILES string of the molecule is Clc1cccc(Cl)c1N1CCC(CNC2CC2)C1. The molecule has 0 spiro atoms. The van der Waals surface area contributed by atoms with Crippen molar-refractivity contribution in [1.82, 2.24) is 5.32 Å². The smallest absolute Gasteiger partial charge is 0.0745 e. The van der Waals surface area contributed by atoms with E-state index < -0.39 is 0 Å². The molecule has 1 atom stereocenters. The van der Waals surface area contributed by atoms with Gasteiger partial charge in [0.05, 0.1) is 15.7 Å². The van der Waals surface area contributed by atoms with Crippen LogP contribution in [0.5, 0.6) is 0 Å². The maximum Gasteiger partial charge on any atom is 0.0745 e. The lowest BCUT2D eigenvalue weighted by Gasteiger charge is -2.21. The van der Waals surface area contributed by atoms with Crippen LogP contribution in [-0.4, -0.2) is 25.7 Å². The van der Waals surface area contributed by atoms with Gasteiger partial charge in [-0.05, 0) is 43.9 Å². The molecule has 0 bridgehead atoms. The van der Waals surface area contributed by atoms with Crippen LogP contribution in [0.15, 0.2) is 18.2 Å². The van der Waals surface area contributed by atoms with Gasteiger partial charge in [0, 0.05) is 19.1 Å². The van der Waals surface area contributed by atoms with E-state index in [-0.39, 0.29) is 0 Å². The van der Waals surface area contributed by atoms with Crippen LogP contribution in [0.4, 0.5) is 5.69 Å². The molecule has 1 aliphatic heterocycles. The predicted molar refractivity (Wildman–Crippen MR) is 77.8 cm³/mol. The minimum atomic E-state index is 0.720. The number of para-hydroxylation sites is 1. The van der Waals surface area contributed by atoms with Gasteiger partial charge in [0.2, 0.25) is 0 Å². The molecule has 1 aromatic carbocycles. The highest BCUT2D eigenvalue weighted by atomic mass is 35.5. The minimum Gasteiger partial charge on any atom is -0.369 e. The van der Waals surface area contributed by atoms with E-state index in [1.165, 1.54) is 19.3 Å². The van der Waals surface area contributed by atoms with Crippen LogP contribution < -0.4 is 10.2 Å². The molecule has 3 rings (SSSR count). The van der Waals surface area contributed by atoms with Crippen molar-refractivity contribution in [2.24, 2.45) is 5.92 Å². The zero-order chi connectivity index (χ0) is 12.5. The highest BCUT2D eigenvalue weighted by Crippen LogP contribution is 2.36. The lowest BCUT2D eigenvalue weighted by atomic mass is 10.1. The molecule has 98 valence electrons. The topological polar surface area (TPSA) is 15.3 Å². The fourth-order valence-electron chi connectivity index (χ4n) is 2.61. The number of rotatable bonds is 4. The molecular weight excluding hydrogens is 267 g/mol. The van der Waals surface area contributed by atoms with Gasteiger partial charge in [0.15, 0.2) is 0 Å². The Balaban J connectivity index is 1.63. The molecule has 0 radical (unpaired) electrons. The van der Waals surface area contributed by atoms with Crippen molar-refractivity contribution in [2.75, 3.05) is 24.5 Å². The van der Waals surface area contributed by atoms with Crippen LogP contribution in [0.1, 0.15) is 19.3 Å². The number of benzene rings is 1. The summed E-state index contributed by atoms with van der Waals surface area (Å²) in [5.41, 5.74) is 1.01. The number of halogens is 2. The number of nitrogens with one attached hydrogen (secondary N) is 1. The third-order valence-corrected chi connectivity index (χ3v) is 4.42. The molecule has 1 saturated heterocycles. The van der Waals surface area contributed by atoms with E-state index in [4.69, 9.17) is 23.2 Å². The third-order valence-electron chi connectivity index (χ3n) is 3.81. The van der Waals surface area contributed by atoms with Gasteiger partial charge < -0.3 is 10.2 Å². The van der Waals surface area contributed by atoms with Gasteiger partial charge in [-0.3, -0.25) is 0 Å². The Morgan fingerprint density at radius 2 is 1.89 bits per heavy atom. The molecule has 1 aliphatic carbocycles. The summed E-state index contributed by atoms with van der Waals surface area (Å²) in [6.07, 6.45) is 3.93. The first-order chi connectivity index (χ1) is 8.74. The number of hydrogen-bond donors (Lipinski definition) is 1. The van der Waals surface area contributed by atoms with Gasteiger partial charge in [-0.15, -0.1) is 0 Å². The van der Waals surface area contributed by atoms with Crippen molar-refractivity contribution in [3.8, 4) is 0 Å². The Labute approximate surface area is 118 Å². The highest BCUT2D eigenvalue weighted by Gasteiger charge is 2.27. The third kappa shape index (κ3) is 2.76. The summed E-state index contributed by atoms with van der Waals surface area (Å²) < 4.78 is 0. The summed E-state index contributed by atoms with van der Waals surface area (Å²) in [6, 6.07) is 6.52. The van der Waals surface area contributed by atoms with E-state index in [1.807, 2.05) is 18.2 Å². The minimum absolute atomic E-state index is 0.720. The van der Waals surface area contributed by atoms with Crippen LogP contribution in [-0.2, 0) is 0 Å². The van der Waals surface area contributed by atoms with Gasteiger partial charge in [-0.1, -0.05) is 29.3 Å². The summed E-state index contributed by atoms with van der Waals surface area (Å²) in [7, 11) is 0. The fourth-order valence-corrected chi connectivity index (χ4v) is 3.25. The van der Waals surface area contributed by atoms with Crippen LogP contribution in [0, 0.1) is 5.92 Å². The Morgan fingerprint density at radius 1 is 1.17 bits per heavy atom. The van der Waals surface area contributed by atoms with Crippen molar-refractivity contribution >= 4 is 28.9 Å². The van der Waals surface area contributed by atoms with Crippen molar-refractivity contribution in [1.29, 1.82) is 0 Å². The van der Waals surface area contributed by atoms with Gasteiger partial charge in [0.25, 0.3) is 0 Å².